The molecular weight excluding hydrogens is 468 g/mol. The third-order valence-electron chi connectivity index (χ3n) is 4.42. The topological polar surface area (TPSA) is 15.3 Å². The van der Waals surface area contributed by atoms with Gasteiger partial charge in [-0.2, -0.15) is 26.3 Å². The molecule has 0 amide bonds. The molecule has 2 aromatic rings. The van der Waals surface area contributed by atoms with E-state index in [1.54, 1.807) is 4.90 Å². The van der Waals surface area contributed by atoms with E-state index in [0.717, 1.165) is 11.3 Å². The predicted molar refractivity (Wildman–Crippen MR) is 99.3 cm³/mol. The first-order valence-corrected chi connectivity index (χ1v) is 9.36. The lowest BCUT2D eigenvalue weighted by Gasteiger charge is -2.36. The van der Waals surface area contributed by atoms with Gasteiger partial charge < -0.3 is 5.32 Å². The number of hydrogen-bond acceptors (Lipinski definition) is 3. The van der Waals surface area contributed by atoms with Crippen molar-refractivity contribution in [1.82, 2.24) is 10.2 Å². The highest BCUT2D eigenvalue weighted by atomic mass is 35.5. The van der Waals surface area contributed by atoms with Crippen LogP contribution in [0.2, 0.25) is 4.34 Å². The summed E-state index contributed by atoms with van der Waals surface area (Å²) in [5, 5.41) is 3.04. The molecule has 1 N–H and O–H groups in total. The Morgan fingerprint density at radius 2 is 1.62 bits per heavy atom. The predicted octanol–water partition coefficient (Wildman–Crippen LogP) is 5.99. The van der Waals surface area contributed by atoms with E-state index in [0.29, 0.717) is 31.1 Å². The first-order chi connectivity index (χ1) is 13.0. The van der Waals surface area contributed by atoms with Crippen molar-refractivity contribution in [2.45, 2.75) is 18.4 Å². The molecule has 2 nitrogen and oxygen atoms in total. The van der Waals surface area contributed by atoms with Crippen LogP contribution in [-0.2, 0) is 12.4 Å². The number of piperazine rings is 1. The Hall–Kier alpha value is -1.07. The molecule has 2 heterocycles. The van der Waals surface area contributed by atoms with Crippen molar-refractivity contribution < 1.29 is 30.7 Å². The number of thiophene rings is 1. The smallest absolute Gasteiger partial charge is 0.314 e. The molecule has 1 saturated heterocycles. The molecule has 1 atom stereocenters. The molecule has 0 unspecified atom stereocenters. The van der Waals surface area contributed by atoms with Crippen LogP contribution in [0.4, 0.5) is 30.7 Å². The van der Waals surface area contributed by atoms with Gasteiger partial charge in [0.2, 0.25) is 0 Å². The van der Waals surface area contributed by atoms with E-state index in [1.165, 1.54) is 12.1 Å². The molecule has 29 heavy (non-hydrogen) atoms. The van der Waals surface area contributed by atoms with E-state index >= 15 is 0 Å². The second kappa shape index (κ2) is 8.97. The summed E-state index contributed by atoms with van der Waals surface area (Å²) in [6, 6.07) is 1.83. The number of alkyl halides is 6. The molecule has 1 aliphatic heterocycles. The van der Waals surface area contributed by atoms with Crippen molar-refractivity contribution in [3.05, 3.63) is 56.0 Å². The molecule has 1 aromatic carbocycles. The summed E-state index contributed by atoms with van der Waals surface area (Å²) in [5.41, 5.74) is -4.13. The van der Waals surface area contributed by atoms with E-state index in [2.05, 4.69) is 5.32 Å². The van der Waals surface area contributed by atoms with Gasteiger partial charge in [0.1, 0.15) is 5.82 Å². The maximum Gasteiger partial charge on any atom is 0.416 e. The van der Waals surface area contributed by atoms with Crippen LogP contribution in [0.25, 0.3) is 0 Å². The Morgan fingerprint density at radius 3 is 2.10 bits per heavy atom. The summed E-state index contributed by atoms with van der Waals surface area (Å²) in [6.45, 7) is 1.52. The van der Waals surface area contributed by atoms with Crippen molar-refractivity contribution in [1.29, 1.82) is 0 Å². The highest BCUT2D eigenvalue weighted by Crippen LogP contribution is 2.45. The van der Waals surface area contributed by atoms with Gasteiger partial charge in [0.15, 0.2) is 0 Å². The Balaban J connectivity index is 0.00000300. The van der Waals surface area contributed by atoms with E-state index in [4.69, 9.17) is 11.6 Å². The van der Waals surface area contributed by atoms with Crippen LogP contribution >= 0.6 is 35.3 Å². The van der Waals surface area contributed by atoms with Gasteiger partial charge in [-0.05, 0) is 24.3 Å². The fourth-order valence-corrected chi connectivity index (χ4v) is 4.42. The summed E-state index contributed by atoms with van der Waals surface area (Å²) in [6.07, 6.45) is -10.3. The van der Waals surface area contributed by atoms with Crippen molar-refractivity contribution in [3.63, 3.8) is 0 Å². The number of nitrogens with zero attached hydrogens (tertiary/aromatic N) is 1. The molecule has 0 spiro atoms. The summed E-state index contributed by atoms with van der Waals surface area (Å²) in [4.78, 5) is 1.94. The average Bonchev–Trinajstić information content (AvgIpc) is 3.01. The molecule has 1 aliphatic rings. The molecule has 0 aliphatic carbocycles. The van der Waals surface area contributed by atoms with Crippen molar-refractivity contribution in [3.8, 4) is 0 Å². The Kier molecular flexibility index (Phi) is 7.49. The Bertz CT molecular complexity index is 845. The molecule has 3 rings (SSSR count). The lowest BCUT2D eigenvalue weighted by Crippen LogP contribution is -2.45. The van der Waals surface area contributed by atoms with Crippen molar-refractivity contribution in [2.75, 3.05) is 26.2 Å². The number of nitrogens with one attached hydrogen (secondary N) is 1. The number of hydrogen-bond donors (Lipinski definition) is 1. The average molecular weight is 483 g/mol. The summed E-state index contributed by atoms with van der Waals surface area (Å²) in [5.74, 6) is -1.55. The molecular formula is C17H15Cl2F7N2S. The lowest BCUT2D eigenvalue weighted by atomic mass is 9.93. The molecule has 0 radical (unpaired) electrons. The first-order valence-electron chi connectivity index (χ1n) is 8.16. The number of rotatable bonds is 3. The summed E-state index contributed by atoms with van der Waals surface area (Å²) < 4.78 is 95.0. The zero-order valence-corrected chi connectivity index (χ0v) is 16.9. The summed E-state index contributed by atoms with van der Waals surface area (Å²) >= 11 is 6.88. The zero-order valence-electron chi connectivity index (χ0n) is 14.5. The maximum atomic E-state index is 14.8. The number of benzene rings is 1. The van der Waals surface area contributed by atoms with Gasteiger partial charge in [-0.1, -0.05) is 11.6 Å². The van der Waals surface area contributed by atoms with Crippen LogP contribution in [0.1, 0.15) is 27.6 Å². The van der Waals surface area contributed by atoms with E-state index in [9.17, 15) is 30.7 Å². The van der Waals surface area contributed by atoms with E-state index in [-0.39, 0.29) is 28.9 Å². The van der Waals surface area contributed by atoms with Gasteiger partial charge >= 0.3 is 12.4 Å². The molecule has 1 aromatic heterocycles. The van der Waals surface area contributed by atoms with Crippen LogP contribution in [0.15, 0.2) is 24.3 Å². The quantitative estimate of drug-likeness (QED) is 0.540. The lowest BCUT2D eigenvalue weighted by molar-refractivity contribution is -0.144. The molecule has 0 saturated carbocycles. The maximum absolute atomic E-state index is 14.8. The standard InChI is InChI=1S/C17H14ClF7N2S.ClH/c18-13-2-1-12(28-13)15(27-5-3-26-4-6-27)14-10(17(23,24)25)7-9(8-11(14)19)16(20,21)22;/h1-2,7-8,15,26H,3-6H2;1H/t15-;/m0./s1. The fourth-order valence-electron chi connectivity index (χ4n) is 3.21. The van der Waals surface area contributed by atoms with Crippen LogP contribution in [0.3, 0.4) is 0 Å². The monoisotopic (exact) mass is 482 g/mol. The third-order valence-corrected chi connectivity index (χ3v) is 5.70. The SMILES string of the molecule is Cl.Fc1cc(C(F)(F)F)cc(C(F)(F)F)c1[C@H](c1ccc(Cl)s1)N1CCNCC1. The third kappa shape index (κ3) is 5.35. The van der Waals surface area contributed by atoms with Gasteiger partial charge in [0, 0.05) is 36.6 Å². The van der Waals surface area contributed by atoms with Gasteiger partial charge in [-0.25, -0.2) is 4.39 Å². The minimum atomic E-state index is -5.16. The van der Waals surface area contributed by atoms with Gasteiger partial charge in [-0.15, -0.1) is 23.7 Å². The van der Waals surface area contributed by atoms with E-state index in [1.807, 2.05) is 0 Å². The zero-order chi connectivity index (χ0) is 20.7. The van der Waals surface area contributed by atoms with Crippen LogP contribution < -0.4 is 5.32 Å². The highest BCUT2D eigenvalue weighted by Gasteiger charge is 2.43. The van der Waals surface area contributed by atoms with Crippen molar-refractivity contribution in [2.24, 2.45) is 0 Å². The molecule has 162 valence electrons. The number of halogens is 9. The van der Waals surface area contributed by atoms with Crippen LogP contribution in [0, 0.1) is 5.82 Å². The molecule has 1 fully saturated rings. The fraction of sp³-hybridized carbons (Fsp3) is 0.412. The van der Waals surface area contributed by atoms with Crippen LogP contribution in [0.5, 0.6) is 0 Å². The van der Waals surface area contributed by atoms with Crippen LogP contribution in [-0.4, -0.2) is 31.1 Å². The van der Waals surface area contributed by atoms with E-state index < -0.39 is 40.9 Å². The highest BCUT2D eigenvalue weighted by molar-refractivity contribution is 7.16. The second-order valence-corrected chi connectivity index (χ2v) is 7.99. The van der Waals surface area contributed by atoms with Gasteiger partial charge in [0.05, 0.1) is 21.5 Å². The molecule has 12 heteroatoms. The largest absolute Gasteiger partial charge is 0.416 e. The second-order valence-electron chi connectivity index (χ2n) is 6.25. The van der Waals surface area contributed by atoms with Gasteiger partial charge in [0.25, 0.3) is 0 Å². The minimum absolute atomic E-state index is 0. The Morgan fingerprint density at radius 1 is 1.00 bits per heavy atom. The minimum Gasteiger partial charge on any atom is -0.314 e. The summed E-state index contributed by atoms with van der Waals surface area (Å²) in [7, 11) is 0. The molecule has 0 bridgehead atoms. The first kappa shape index (κ1) is 24.2. The normalized spacial score (nSPS) is 17.1. The van der Waals surface area contributed by atoms with Gasteiger partial charge in [-0.3, -0.25) is 4.90 Å². The van der Waals surface area contributed by atoms with Crippen molar-refractivity contribution >= 4 is 35.3 Å². The Labute approximate surface area is 177 Å².